The van der Waals surface area contributed by atoms with Crippen molar-refractivity contribution in [1.82, 2.24) is 0 Å². The molecule has 0 spiro atoms. The maximum atomic E-state index is 11.4. The molecular weight excluding hydrogens is 220 g/mol. The van der Waals surface area contributed by atoms with Gasteiger partial charge in [0.25, 0.3) is 0 Å². The Morgan fingerprint density at radius 2 is 2.00 bits per heavy atom. The van der Waals surface area contributed by atoms with E-state index in [9.17, 15) is 9.59 Å². The molecule has 4 nitrogen and oxygen atoms in total. The highest BCUT2D eigenvalue weighted by Crippen LogP contribution is 2.59. The summed E-state index contributed by atoms with van der Waals surface area (Å²) in [5.41, 5.74) is -0.251. The lowest BCUT2D eigenvalue weighted by Crippen LogP contribution is -2.24. The van der Waals surface area contributed by atoms with Crippen LogP contribution in [0, 0.1) is 17.3 Å². The summed E-state index contributed by atoms with van der Waals surface area (Å²) in [5, 5.41) is 8.97. The molecule has 0 aliphatic heterocycles. The van der Waals surface area contributed by atoms with E-state index in [0.717, 1.165) is 19.3 Å². The Labute approximate surface area is 101 Å². The van der Waals surface area contributed by atoms with Gasteiger partial charge in [-0.2, -0.15) is 0 Å². The smallest absolute Gasteiger partial charge is 0.330 e. The first-order valence-electron chi connectivity index (χ1n) is 6.04. The van der Waals surface area contributed by atoms with Gasteiger partial charge in [-0.25, -0.2) is 4.79 Å². The van der Waals surface area contributed by atoms with Gasteiger partial charge in [-0.1, -0.05) is 19.9 Å². The van der Waals surface area contributed by atoms with Crippen molar-refractivity contribution in [2.45, 2.75) is 39.2 Å². The van der Waals surface area contributed by atoms with E-state index < -0.39 is 5.97 Å². The Balaban J connectivity index is 1.84. The summed E-state index contributed by atoms with van der Waals surface area (Å²) in [6.45, 7) is 3.80. The monoisotopic (exact) mass is 238 g/mol. The molecule has 2 aliphatic rings. The largest absolute Gasteiger partial charge is 0.481 e. The van der Waals surface area contributed by atoms with E-state index in [0.29, 0.717) is 0 Å². The molecule has 0 aromatic carbocycles. The topological polar surface area (TPSA) is 63.6 Å². The fraction of sp³-hybridized carbons (Fsp3) is 0.692. The molecule has 4 heteroatoms. The fourth-order valence-corrected chi connectivity index (χ4v) is 2.38. The average molecular weight is 238 g/mol. The van der Waals surface area contributed by atoms with Gasteiger partial charge in [0, 0.05) is 6.08 Å². The van der Waals surface area contributed by atoms with Gasteiger partial charge < -0.3 is 9.84 Å². The van der Waals surface area contributed by atoms with Crippen molar-refractivity contribution in [3.8, 4) is 0 Å². The molecule has 0 radical (unpaired) electrons. The Morgan fingerprint density at radius 1 is 1.35 bits per heavy atom. The van der Waals surface area contributed by atoms with E-state index >= 15 is 0 Å². The number of allylic oxidation sites excluding steroid dienone is 1. The third kappa shape index (κ3) is 2.35. The summed E-state index contributed by atoms with van der Waals surface area (Å²) in [5.74, 6) is -1.58. The maximum Gasteiger partial charge on any atom is 0.330 e. The van der Waals surface area contributed by atoms with Crippen molar-refractivity contribution in [3.63, 3.8) is 0 Å². The molecule has 2 rings (SSSR count). The summed E-state index contributed by atoms with van der Waals surface area (Å²) in [6, 6.07) is 0. The number of hydrogen-bond donors (Lipinski definition) is 1. The average Bonchev–Trinajstić information content (AvgIpc) is 2.71. The van der Waals surface area contributed by atoms with E-state index in [1.54, 1.807) is 6.08 Å². The highest BCUT2D eigenvalue weighted by atomic mass is 16.5. The molecule has 0 aromatic heterocycles. The van der Waals surface area contributed by atoms with E-state index in [1.807, 2.05) is 13.8 Å². The second-order valence-electron chi connectivity index (χ2n) is 5.51. The molecule has 1 N–H and O–H groups in total. The molecule has 2 fully saturated rings. The minimum absolute atomic E-state index is 0.0612. The molecule has 0 bridgehead atoms. The number of rotatable bonds is 4. The molecule has 2 unspecified atom stereocenters. The molecule has 17 heavy (non-hydrogen) atoms. The number of carbonyl (C=O) groups is 2. The van der Waals surface area contributed by atoms with Gasteiger partial charge in [-0.15, -0.1) is 0 Å². The van der Waals surface area contributed by atoms with Crippen LogP contribution in [-0.2, 0) is 14.3 Å². The van der Waals surface area contributed by atoms with Crippen LogP contribution >= 0.6 is 0 Å². The van der Waals surface area contributed by atoms with E-state index in [4.69, 9.17) is 9.84 Å². The second-order valence-corrected chi connectivity index (χ2v) is 5.51. The van der Waals surface area contributed by atoms with Crippen LogP contribution in [0.3, 0.4) is 0 Å². The Hall–Kier alpha value is -1.32. The van der Waals surface area contributed by atoms with Crippen molar-refractivity contribution >= 4 is 11.9 Å². The van der Waals surface area contributed by atoms with Crippen molar-refractivity contribution in [1.29, 1.82) is 0 Å². The Morgan fingerprint density at radius 3 is 2.41 bits per heavy atom. The minimum Gasteiger partial charge on any atom is -0.481 e. The van der Waals surface area contributed by atoms with Crippen LogP contribution in [0.15, 0.2) is 12.2 Å². The van der Waals surface area contributed by atoms with Gasteiger partial charge in [-0.05, 0) is 30.6 Å². The van der Waals surface area contributed by atoms with Crippen molar-refractivity contribution in [3.05, 3.63) is 12.2 Å². The first-order valence-corrected chi connectivity index (χ1v) is 6.04. The molecule has 2 aliphatic carbocycles. The number of aliphatic carboxylic acids is 1. The predicted molar refractivity (Wildman–Crippen MR) is 61.3 cm³/mol. The number of ether oxygens (including phenoxy) is 1. The molecule has 0 aromatic rings. The lowest BCUT2D eigenvalue weighted by atomic mass is 9.96. The Bertz CT molecular complexity index is 366. The van der Waals surface area contributed by atoms with Gasteiger partial charge in [0.2, 0.25) is 0 Å². The van der Waals surface area contributed by atoms with Crippen LogP contribution in [0.5, 0.6) is 0 Å². The van der Waals surface area contributed by atoms with Gasteiger partial charge in [0.1, 0.15) is 6.10 Å². The zero-order chi connectivity index (χ0) is 12.6. The number of hydrogen-bond acceptors (Lipinski definition) is 3. The van der Waals surface area contributed by atoms with Gasteiger partial charge >= 0.3 is 11.9 Å². The fourth-order valence-electron chi connectivity index (χ4n) is 2.38. The van der Waals surface area contributed by atoms with Crippen LogP contribution < -0.4 is 0 Å². The third-order valence-electron chi connectivity index (χ3n) is 3.95. The van der Waals surface area contributed by atoms with Crippen molar-refractivity contribution < 1.29 is 19.4 Å². The number of esters is 1. The molecular formula is C13H18O4. The first-order chi connectivity index (χ1) is 7.93. The van der Waals surface area contributed by atoms with Gasteiger partial charge in [-0.3, -0.25) is 4.79 Å². The number of carbonyl (C=O) groups excluding carboxylic acids is 1. The first kappa shape index (κ1) is 12.1. The molecule has 94 valence electrons. The summed E-state index contributed by atoms with van der Waals surface area (Å²) in [4.78, 5) is 22.3. The van der Waals surface area contributed by atoms with Crippen LogP contribution in [-0.4, -0.2) is 23.1 Å². The second kappa shape index (κ2) is 4.17. The van der Waals surface area contributed by atoms with Crippen molar-refractivity contribution in [2.75, 3.05) is 0 Å². The van der Waals surface area contributed by atoms with Gasteiger partial charge in [0.05, 0.1) is 5.92 Å². The normalized spacial score (nSPS) is 30.9. The molecule has 0 saturated heterocycles. The SMILES string of the molecule is CC1(C)C(/C=C\C(=O)OC2CCC2)C1C(=O)O. The number of carboxylic acid groups (broad SMARTS) is 1. The zero-order valence-electron chi connectivity index (χ0n) is 10.2. The lowest BCUT2D eigenvalue weighted by Gasteiger charge is -2.24. The lowest BCUT2D eigenvalue weighted by molar-refractivity contribution is -0.146. The molecule has 0 amide bonds. The standard InChI is InChI=1S/C13H18O4/c1-13(2)9(11(13)12(15)16)6-7-10(14)17-8-4-3-5-8/h6-9,11H,3-5H2,1-2H3,(H,15,16)/b7-6-. The van der Waals surface area contributed by atoms with E-state index in [-0.39, 0.29) is 29.3 Å². The van der Waals surface area contributed by atoms with Crippen LogP contribution in [0.25, 0.3) is 0 Å². The van der Waals surface area contributed by atoms with Crippen molar-refractivity contribution in [2.24, 2.45) is 17.3 Å². The number of carboxylic acids is 1. The minimum atomic E-state index is -0.794. The molecule has 2 atom stereocenters. The van der Waals surface area contributed by atoms with E-state index in [2.05, 4.69) is 0 Å². The maximum absolute atomic E-state index is 11.4. The van der Waals surface area contributed by atoms with Crippen LogP contribution in [0.2, 0.25) is 0 Å². The zero-order valence-corrected chi connectivity index (χ0v) is 10.2. The summed E-state index contributed by atoms with van der Waals surface area (Å²) in [6.07, 6.45) is 6.17. The molecule has 2 saturated carbocycles. The summed E-state index contributed by atoms with van der Waals surface area (Å²) >= 11 is 0. The van der Waals surface area contributed by atoms with Crippen LogP contribution in [0.4, 0.5) is 0 Å². The quantitative estimate of drug-likeness (QED) is 0.601. The molecule has 0 heterocycles. The summed E-state index contributed by atoms with van der Waals surface area (Å²) < 4.78 is 5.16. The Kier molecular flexibility index (Phi) is 2.98. The van der Waals surface area contributed by atoms with E-state index in [1.165, 1.54) is 6.08 Å². The predicted octanol–water partition coefficient (Wildman–Crippen LogP) is 2.00. The van der Waals surface area contributed by atoms with Crippen LogP contribution in [0.1, 0.15) is 33.1 Å². The third-order valence-corrected chi connectivity index (χ3v) is 3.95. The summed E-state index contributed by atoms with van der Waals surface area (Å²) in [7, 11) is 0. The van der Waals surface area contributed by atoms with Gasteiger partial charge in [0.15, 0.2) is 0 Å². The highest BCUT2D eigenvalue weighted by molar-refractivity contribution is 5.83. The highest BCUT2D eigenvalue weighted by Gasteiger charge is 2.60.